The smallest absolute Gasteiger partial charge is 0.0605 e. The van der Waals surface area contributed by atoms with Crippen molar-refractivity contribution in [2.24, 2.45) is 0 Å². The molecule has 0 aliphatic carbocycles. The van der Waals surface area contributed by atoms with Crippen LogP contribution in [0.25, 0.3) is 0 Å². The second-order valence-electron chi connectivity index (χ2n) is 3.63. The van der Waals surface area contributed by atoms with Crippen LogP contribution in [-0.4, -0.2) is 31.3 Å². The van der Waals surface area contributed by atoms with Crippen LogP contribution >= 0.6 is 0 Å². The fourth-order valence-electron chi connectivity index (χ4n) is 1.89. The Morgan fingerprint density at radius 2 is 2.21 bits per heavy atom. The molecule has 0 N–H and O–H groups in total. The quantitative estimate of drug-likeness (QED) is 0.713. The number of nitrogens with zero attached hydrogens (tertiary/aromatic N) is 2. The summed E-state index contributed by atoms with van der Waals surface area (Å²) >= 11 is 0. The van der Waals surface area contributed by atoms with Gasteiger partial charge < -0.3 is 9.64 Å². The number of methoxy groups -OCH3 is 1. The van der Waals surface area contributed by atoms with Crippen molar-refractivity contribution in [1.82, 2.24) is 4.98 Å². The third kappa shape index (κ3) is 2.04. The van der Waals surface area contributed by atoms with Crippen LogP contribution in [0.4, 0.5) is 5.69 Å². The third-order valence-electron chi connectivity index (χ3n) is 2.79. The minimum Gasteiger partial charge on any atom is -0.381 e. The van der Waals surface area contributed by atoms with E-state index in [-0.39, 0.29) is 0 Å². The molecule has 1 fully saturated rings. The summed E-state index contributed by atoms with van der Waals surface area (Å²) in [6.45, 7) is 2.15. The Bertz CT molecular complexity index is 268. The zero-order chi connectivity index (χ0) is 9.80. The lowest BCUT2D eigenvalue weighted by Crippen LogP contribution is -2.36. The summed E-state index contributed by atoms with van der Waals surface area (Å²) in [6.07, 6.45) is 6.41. The van der Waals surface area contributed by atoms with Gasteiger partial charge in [0.2, 0.25) is 0 Å². The lowest BCUT2D eigenvalue weighted by Gasteiger charge is -2.32. The van der Waals surface area contributed by atoms with Gasteiger partial charge in [0, 0.05) is 26.4 Å². The topological polar surface area (TPSA) is 25.4 Å². The number of pyridine rings is 1. The van der Waals surface area contributed by atoms with Crippen molar-refractivity contribution in [3.05, 3.63) is 24.5 Å². The number of aromatic nitrogens is 1. The van der Waals surface area contributed by atoms with Crippen LogP contribution in [0.15, 0.2) is 24.5 Å². The number of anilines is 1. The largest absolute Gasteiger partial charge is 0.381 e. The molecular formula is C11H16N2O. The van der Waals surface area contributed by atoms with Gasteiger partial charge in [-0.25, -0.2) is 0 Å². The highest BCUT2D eigenvalue weighted by atomic mass is 16.5. The molecular weight excluding hydrogens is 176 g/mol. The molecule has 1 aliphatic heterocycles. The standard InChI is InChI=1S/C11H16N2O/c1-14-11-4-7-13(8-5-11)10-3-2-6-12-9-10/h2-3,6,9,11H,4-5,7-8H2,1H3. The van der Waals surface area contributed by atoms with Crippen molar-refractivity contribution >= 4 is 5.69 Å². The number of ether oxygens (including phenoxy) is 1. The van der Waals surface area contributed by atoms with E-state index in [1.54, 1.807) is 7.11 Å². The molecule has 0 bridgehead atoms. The monoisotopic (exact) mass is 192 g/mol. The maximum atomic E-state index is 5.33. The van der Waals surface area contributed by atoms with Crippen LogP contribution in [0, 0.1) is 0 Å². The first-order chi connectivity index (χ1) is 6.90. The van der Waals surface area contributed by atoms with Crippen molar-refractivity contribution in [3.8, 4) is 0 Å². The van der Waals surface area contributed by atoms with Crippen molar-refractivity contribution in [1.29, 1.82) is 0 Å². The zero-order valence-electron chi connectivity index (χ0n) is 8.52. The summed E-state index contributed by atoms with van der Waals surface area (Å²) in [5, 5.41) is 0. The van der Waals surface area contributed by atoms with Gasteiger partial charge in [0.15, 0.2) is 0 Å². The minimum atomic E-state index is 0.447. The lowest BCUT2D eigenvalue weighted by molar-refractivity contribution is 0.0819. The summed E-state index contributed by atoms with van der Waals surface area (Å²) in [7, 11) is 1.80. The maximum absolute atomic E-state index is 5.33. The molecule has 3 nitrogen and oxygen atoms in total. The fraction of sp³-hybridized carbons (Fsp3) is 0.545. The Labute approximate surface area is 84.7 Å². The molecule has 2 rings (SSSR count). The van der Waals surface area contributed by atoms with Crippen molar-refractivity contribution in [2.45, 2.75) is 18.9 Å². The molecule has 0 saturated carbocycles. The normalized spacial score (nSPS) is 18.5. The van der Waals surface area contributed by atoms with Crippen molar-refractivity contribution in [2.75, 3.05) is 25.1 Å². The first-order valence-corrected chi connectivity index (χ1v) is 5.08. The summed E-state index contributed by atoms with van der Waals surface area (Å²) < 4.78 is 5.33. The van der Waals surface area contributed by atoms with Crippen LogP contribution in [-0.2, 0) is 4.74 Å². The van der Waals surface area contributed by atoms with Gasteiger partial charge in [0.05, 0.1) is 18.0 Å². The van der Waals surface area contributed by atoms with E-state index in [4.69, 9.17) is 4.74 Å². The van der Waals surface area contributed by atoms with Gasteiger partial charge in [-0.2, -0.15) is 0 Å². The Balaban J connectivity index is 1.96. The van der Waals surface area contributed by atoms with E-state index < -0.39 is 0 Å². The number of hydrogen-bond donors (Lipinski definition) is 0. The number of rotatable bonds is 2. The first kappa shape index (κ1) is 9.46. The molecule has 2 heterocycles. The first-order valence-electron chi connectivity index (χ1n) is 5.08. The molecule has 1 aromatic heterocycles. The van der Waals surface area contributed by atoms with Crippen LogP contribution in [0.1, 0.15) is 12.8 Å². The Morgan fingerprint density at radius 3 is 2.79 bits per heavy atom. The fourth-order valence-corrected chi connectivity index (χ4v) is 1.89. The molecule has 0 aromatic carbocycles. The molecule has 0 amide bonds. The van der Waals surface area contributed by atoms with Gasteiger partial charge in [-0.05, 0) is 25.0 Å². The van der Waals surface area contributed by atoms with E-state index in [2.05, 4.69) is 16.0 Å². The highest BCUT2D eigenvalue weighted by Crippen LogP contribution is 2.19. The zero-order valence-corrected chi connectivity index (χ0v) is 8.52. The summed E-state index contributed by atoms with van der Waals surface area (Å²) in [4.78, 5) is 6.49. The van der Waals surface area contributed by atoms with Gasteiger partial charge in [-0.15, -0.1) is 0 Å². The highest BCUT2D eigenvalue weighted by Gasteiger charge is 2.18. The second-order valence-corrected chi connectivity index (χ2v) is 3.63. The van der Waals surface area contributed by atoms with Gasteiger partial charge in [0.1, 0.15) is 0 Å². The minimum absolute atomic E-state index is 0.447. The summed E-state index contributed by atoms with van der Waals surface area (Å²) in [6, 6.07) is 4.10. The Kier molecular flexibility index (Phi) is 2.99. The Morgan fingerprint density at radius 1 is 1.43 bits per heavy atom. The van der Waals surface area contributed by atoms with Gasteiger partial charge in [-0.3, -0.25) is 4.98 Å². The molecule has 0 atom stereocenters. The maximum Gasteiger partial charge on any atom is 0.0605 e. The molecule has 3 heteroatoms. The van der Waals surface area contributed by atoms with E-state index in [1.807, 2.05) is 18.5 Å². The Hall–Kier alpha value is -1.09. The molecule has 76 valence electrons. The van der Waals surface area contributed by atoms with Crippen LogP contribution in [0.2, 0.25) is 0 Å². The van der Waals surface area contributed by atoms with Crippen LogP contribution in [0.3, 0.4) is 0 Å². The van der Waals surface area contributed by atoms with E-state index in [9.17, 15) is 0 Å². The molecule has 1 aromatic rings. The SMILES string of the molecule is COC1CCN(c2cccnc2)CC1. The number of hydrogen-bond acceptors (Lipinski definition) is 3. The predicted molar refractivity (Wildman–Crippen MR) is 56.5 cm³/mol. The second kappa shape index (κ2) is 4.42. The summed E-state index contributed by atoms with van der Waals surface area (Å²) in [5.74, 6) is 0. The van der Waals surface area contributed by atoms with E-state index >= 15 is 0 Å². The predicted octanol–water partition coefficient (Wildman–Crippen LogP) is 1.70. The number of piperidine rings is 1. The van der Waals surface area contributed by atoms with E-state index in [1.165, 1.54) is 5.69 Å². The molecule has 14 heavy (non-hydrogen) atoms. The van der Waals surface area contributed by atoms with E-state index in [0.29, 0.717) is 6.10 Å². The van der Waals surface area contributed by atoms with E-state index in [0.717, 1.165) is 25.9 Å². The molecule has 0 spiro atoms. The van der Waals surface area contributed by atoms with Crippen LogP contribution < -0.4 is 4.90 Å². The lowest BCUT2D eigenvalue weighted by atomic mass is 10.1. The average molecular weight is 192 g/mol. The molecule has 1 aliphatic rings. The third-order valence-corrected chi connectivity index (χ3v) is 2.79. The average Bonchev–Trinajstić information content (AvgIpc) is 2.30. The van der Waals surface area contributed by atoms with Gasteiger partial charge in [0.25, 0.3) is 0 Å². The van der Waals surface area contributed by atoms with Crippen molar-refractivity contribution < 1.29 is 4.74 Å². The van der Waals surface area contributed by atoms with Crippen molar-refractivity contribution in [3.63, 3.8) is 0 Å². The van der Waals surface area contributed by atoms with Gasteiger partial charge >= 0.3 is 0 Å². The van der Waals surface area contributed by atoms with Crippen LogP contribution in [0.5, 0.6) is 0 Å². The molecule has 0 radical (unpaired) electrons. The molecule has 0 unspecified atom stereocenters. The highest BCUT2D eigenvalue weighted by molar-refractivity contribution is 5.43. The summed E-state index contributed by atoms with van der Waals surface area (Å²) in [5.41, 5.74) is 1.22. The molecule has 1 saturated heterocycles. The van der Waals surface area contributed by atoms with Gasteiger partial charge in [-0.1, -0.05) is 0 Å².